The Morgan fingerprint density at radius 1 is 0.531 bits per heavy atom. The van der Waals surface area contributed by atoms with E-state index in [4.69, 9.17) is 29.2 Å². The summed E-state index contributed by atoms with van der Waals surface area (Å²) >= 11 is 0. The molecule has 0 heterocycles. The van der Waals surface area contributed by atoms with Crippen LogP contribution in [0.4, 0.5) is 11.4 Å². The van der Waals surface area contributed by atoms with Gasteiger partial charge in [0.05, 0.1) is 10.3 Å². The van der Waals surface area contributed by atoms with Crippen LogP contribution in [-0.2, 0) is 25.5 Å². The van der Waals surface area contributed by atoms with Crippen LogP contribution >= 0.6 is 0 Å². The zero-order valence-corrected chi connectivity index (χ0v) is 36.8. The summed E-state index contributed by atoms with van der Waals surface area (Å²) in [6.07, 6.45) is 1.52. The minimum atomic E-state index is -3.71. The average Bonchev–Trinajstić information content (AvgIpc) is 3.27. The van der Waals surface area contributed by atoms with Crippen molar-refractivity contribution in [3.05, 3.63) is 179 Å². The number of ether oxygens (including phenoxy) is 4. The Bertz CT molecular complexity index is 2720. The Morgan fingerprint density at radius 3 is 1.41 bits per heavy atom. The van der Waals surface area contributed by atoms with Crippen molar-refractivity contribution in [3.63, 3.8) is 0 Å². The van der Waals surface area contributed by atoms with Crippen LogP contribution in [0.15, 0.2) is 162 Å². The van der Waals surface area contributed by atoms with Gasteiger partial charge in [-0.25, -0.2) is 26.4 Å². The lowest BCUT2D eigenvalue weighted by molar-refractivity contribution is 0.0680. The molecule has 334 valence electrons. The molecule has 0 aliphatic rings. The summed E-state index contributed by atoms with van der Waals surface area (Å²) in [6, 6.07) is 41.6. The van der Waals surface area contributed by atoms with Crippen molar-refractivity contribution in [3.8, 4) is 23.0 Å². The molecule has 0 atom stereocenters. The van der Waals surface area contributed by atoms with Gasteiger partial charge in [-0.2, -0.15) is 0 Å². The maximum atomic E-state index is 12.7. The molecular weight excluding hydrogens is 861 g/mol. The largest absolute Gasteiger partial charge is 0.490 e. The Hall–Kier alpha value is -7.30. The molecule has 6 aromatic carbocycles. The number of carbonyl (C=O) groups is 2. The zero-order valence-electron chi connectivity index (χ0n) is 35.2. The van der Waals surface area contributed by atoms with Crippen LogP contribution < -0.4 is 28.4 Å². The second-order valence-electron chi connectivity index (χ2n) is 14.8. The number of para-hydroxylation sites is 2. The molecular formula is C48H48N2O12S2. The average molecular weight is 909 g/mol. The van der Waals surface area contributed by atoms with Crippen LogP contribution in [0.2, 0.25) is 0 Å². The van der Waals surface area contributed by atoms with E-state index in [9.17, 15) is 26.4 Å². The van der Waals surface area contributed by atoms with Crippen LogP contribution in [0.1, 0.15) is 52.6 Å². The number of nitrogens with one attached hydrogen (secondary N) is 2. The zero-order chi connectivity index (χ0) is 46.2. The quantitative estimate of drug-likeness (QED) is 0.0562. The van der Waals surface area contributed by atoms with Crippen molar-refractivity contribution in [1.29, 1.82) is 0 Å². The molecule has 4 N–H and O–H groups in total. The molecule has 0 unspecified atom stereocenters. The highest BCUT2D eigenvalue weighted by atomic mass is 32.2. The van der Waals surface area contributed by atoms with Gasteiger partial charge in [0.25, 0.3) is 20.0 Å². The molecule has 16 heteroatoms. The van der Waals surface area contributed by atoms with E-state index < -0.39 is 32.0 Å². The number of sulfonamides is 2. The van der Waals surface area contributed by atoms with Crippen molar-refractivity contribution in [2.45, 2.75) is 31.1 Å². The van der Waals surface area contributed by atoms with Crippen molar-refractivity contribution >= 4 is 49.4 Å². The lowest BCUT2D eigenvalue weighted by Crippen LogP contribution is -2.15. The second-order valence-corrected chi connectivity index (χ2v) is 18.0. The van der Waals surface area contributed by atoms with Gasteiger partial charge in [0.15, 0.2) is 0 Å². The number of rotatable bonds is 19. The summed E-state index contributed by atoms with van der Waals surface area (Å²) in [5.41, 5.74) is 2.76. The molecule has 64 heavy (non-hydrogen) atoms. The Labute approximate surface area is 372 Å². The third-order valence-electron chi connectivity index (χ3n) is 8.95. The lowest BCUT2D eigenvalue weighted by atomic mass is 9.87. The number of carboxylic acid groups (broad SMARTS) is 2. The standard InChI is InChI=1S/C25H27NO6S.C23H21NO6S/c1-25(2,3)18-8-14-21(15-9-18)33(29,30)26-19-10-12-20(13-11-19)31-16-17-32-23-7-5-4-6-22(23)24(27)28;25-23(26)21-8-4-5-9-22(21)30-16-15-29-20-12-10-19(11-13-20)24-31(27,28)17-14-18-6-2-1-3-7-18/h4-15,26H,16-17H2,1-3H3,(H,27,28);1-14,17,24H,15-16H2,(H,25,26)/b;17-14+. The molecule has 0 saturated heterocycles. The summed E-state index contributed by atoms with van der Waals surface area (Å²) < 4.78 is 76.9. The molecule has 6 rings (SSSR count). The SMILES string of the molecule is CC(C)(C)c1ccc(S(=O)(=O)Nc2ccc(OCCOc3ccccc3C(=O)O)cc2)cc1.O=C(O)c1ccccc1OCCOc1ccc(NS(=O)(=O)/C=C/c2ccccc2)cc1. The molecule has 0 aliphatic carbocycles. The van der Waals surface area contributed by atoms with Gasteiger partial charge < -0.3 is 29.2 Å². The van der Waals surface area contributed by atoms with Crippen molar-refractivity contribution in [2.75, 3.05) is 35.9 Å². The Balaban J connectivity index is 0.000000241. The van der Waals surface area contributed by atoms with E-state index in [0.29, 0.717) is 22.9 Å². The van der Waals surface area contributed by atoms with Gasteiger partial charge in [-0.15, -0.1) is 0 Å². The van der Waals surface area contributed by atoms with E-state index in [1.54, 1.807) is 97.1 Å². The smallest absolute Gasteiger partial charge is 0.339 e. The first-order valence-electron chi connectivity index (χ1n) is 19.7. The van der Waals surface area contributed by atoms with E-state index >= 15 is 0 Å². The number of anilines is 2. The maximum Gasteiger partial charge on any atom is 0.339 e. The van der Waals surface area contributed by atoms with Crippen LogP contribution in [0.3, 0.4) is 0 Å². The molecule has 0 saturated carbocycles. The molecule has 0 bridgehead atoms. The number of hydrogen-bond acceptors (Lipinski definition) is 10. The van der Waals surface area contributed by atoms with Gasteiger partial charge in [-0.1, -0.05) is 87.5 Å². The first kappa shape index (κ1) is 47.7. The van der Waals surface area contributed by atoms with Crippen molar-refractivity contribution < 1.29 is 55.6 Å². The minimum absolute atomic E-state index is 0.0593. The van der Waals surface area contributed by atoms with Crippen molar-refractivity contribution in [2.24, 2.45) is 0 Å². The topological polar surface area (TPSA) is 204 Å². The van der Waals surface area contributed by atoms with Gasteiger partial charge in [0.2, 0.25) is 0 Å². The van der Waals surface area contributed by atoms with Gasteiger partial charge >= 0.3 is 11.9 Å². The van der Waals surface area contributed by atoms with Gasteiger partial charge in [-0.05, 0) is 108 Å². The second kappa shape index (κ2) is 22.2. The number of aromatic carboxylic acids is 2. The predicted molar refractivity (Wildman–Crippen MR) is 246 cm³/mol. The highest BCUT2D eigenvalue weighted by molar-refractivity contribution is 7.95. The van der Waals surface area contributed by atoms with Gasteiger partial charge in [0, 0.05) is 11.4 Å². The molecule has 0 aromatic heterocycles. The monoisotopic (exact) mass is 908 g/mol. The third kappa shape index (κ3) is 15.0. The van der Waals surface area contributed by atoms with Crippen LogP contribution in [0, 0.1) is 0 Å². The molecule has 14 nitrogen and oxygen atoms in total. The van der Waals surface area contributed by atoms with Gasteiger partial charge in [0.1, 0.15) is 60.6 Å². The van der Waals surface area contributed by atoms with E-state index in [0.717, 1.165) is 16.5 Å². The number of carboxylic acids is 2. The molecule has 0 fully saturated rings. The molecule has 6 aromatic rings. The first-order chi connectivity index (χ1) is 30.5. The number of benzene rings is 6. The molecule has 0 radical (unpaired) electrons. The first-order valence-corrected chi connectivity index (χ1v) is 22.8. The third-order valence-corrected chi connectivity index (χ3v) is 11.4. The fraction of sp³-hybridized carbons (Fsp3) is 0.167. The van der Waals surface area contributed by atoms with Gasteiger partial charge in [-0.3, -0.25) is 9.44 Å². The molecule has 0 aliphatic heterocycles. The summed E-state index contributed by atoms with van der Waals surface area (Å²) in [5, 5.41) is 19.4. The van der Waals surface area contributed by atoms with Crippen molar-refractivity contribution in [1.82, 2.24) is 0 Å². The van der Waals surface area contributed by atoms with Crippen LogP contribution in [0.25, 0.3) is 6.08 Å². The summed E-state index contributed by atoms with van der Waals surface area (Å²) in [6.45, 7) is 6.91. The summed E-state index contributed by atoms with van der Waals surface area (Å²) in [7, 11) is -7.36. The summed E-state index contributed by atoms with van der Waals surface area (Å²) in [4.78, 5) is 22.5. The molecule has 0 amide bonds. The lowest BCUT2D eigenvalue weighted by Gasteiger charge is -2.19. The summed E-state index contributed by atoms with van der Waals surface area (Å²) in [5.74, 6) is -0.524. The maximum absolute atomic E-state index is 12.7. The Kier molecular flexibility index (Phi) is 16.5. The number of hydrogen-bond donors (Lipinski definition) is 4. The van der Waals surface area contributed by atoms with E-state index in [2.05, 4.69) is 30.2 Å². The van der Waals surface area contributed by atoms with E-state index in [1.165, 1.54) is 18.2 Å². The normalized spacial score (nSPS) is 11.4. The fourth-order valence-corrected chi connectivity index (χ4v) is 7.61. The van der Waals surface area contributed by atoms with Crippen LogP contribution in [-0.4, -0.2) is 65.4 Å². The fourth-order valence-electron chi connectivity index (χ4n) is 5.68. The minimum Gasteiger partial charge on any atom is -0.490 e. The molecule has 0 spiro atoms. The highest BCUT2D eigenvalue weighted by Crippen LogP contribution is 2.26. The highest BCUT2D eigenvalue weighted by Gasteiger charge is 2.18. The predicted octanol–water partition coefficient (Wildman–Crippen LogP) is 9.20. The van der Waals surface area contributed by atoms with E-state index in [-0.39, 0.29) is 59.4 Å². The van der Waals surface area contributed by atoms with E-state index in [1.807, 2.05) is 42.5 Å². The Morgan fingerprint density at radius 2 is 0.953 bits per heavy atom. The van der Waals surface area contributed by atoms with Crippen LogP contribution in [0.5, 0.6) is 23.0 Å².